The quantitative estimate of drug-likeness (QED) is 0.486. The van der Waals surface area contributed by atoms with E-state index in [1.165, 1.54) is 0 Å². The Balaban J connectivity index is 2.36. The van der Waals surface area contributed by atoms with Crippen LogP contribution in [0.2, 0.25) is 0 Å². The molecular formula is C24H32O2. The molecule has 0 saturated heterocycles. The van der Waals surface area contributed by atoms with E-state index in [9.17, 15) is 9.59 Å². The lowest BCUT2D eigenvalue weighted by molar-refractivity contribution is 0.0819. The van der Waals surface area contributed by atoms with Crippen molar-refractivity contribution < 1.29 is 9.59 Å². The van der Waals surface area contributed by atoms with E-state index < -0.39 is 0 Å². The maximum Gasteiger partial charge on any atom is 0.168 e. The van der Waals surface area contributed by atoms with Gasteiger partial charge in [-0.1, -0.05) is 78.6 Å². The van der Waals surface area contributed by atoms with Crippen LogP contribution in [0.25, 0.3) is 10.8 Å². The summed E-state index contributed by atoms with van der Waals surface area (Å²) in [5, 5.41) is 2.01. The zero-order valence-corrected chi connectivity index (χ0v) is 17.1. The van der Waals surface area contributed by atoms with Crippen molar-refractivity contribution in [3.63, 3.8) is 0 Å². The van der Waals surface area contributed by atoms with Gasteiger partial charge in [0.2, 0.25) is 0 Å². The first-order chi connectivity index (χ1) is 12.1. The first-order valence-electron chi connectivity index (χ1n) is 9.76. The minimum absolute atomic E-state index is 0.186. The summed E-state index contributed by atoms with van der Waals surface area (Å²) >= 11 is 0. The standard InChI is InChI=1S/C24H32O2/c1-7-13-23(3,4)21(25)19-11-9-18-16-20(12-10-17(18)15-19)22(26)24(5,6)14-8-2/h9-12,15-16H,7-8,13-14H2,1-6H3. The van der Waals surface area contributed by atoms with Crippen molar-refractivity contribution in [3.8, 4) is 0 Å². The predicted octanol–water partition coefficient (Wildman–Crippen LogP) is 6.86. The summed E-state index contributed by atoms with van der Waals surface area (Å²) in [7, 11) is 0. The van der Waals surface area contributed by atoms with Crippen LogP contribution in [0.5, 0.6) is 0 Å². The second-order valence-electron chi connectivity index (χ2n) is 8.70. The zero-order chi connectivity index (χ0) is 19.5. The molecule has 2 rings (SSSR count). The molecular weight excluding hydrogens is 320 g/mol. The Kier molecular flexibility index (Phi) is 6.05. The third kappa shape index (κ3) is 4.23. The van der Waals surface area contributed by atoms with Gasteiger partial charge >= 0.3 is 0 Å². The number of hydrogen-bond acceptors (Lipinski definition) is 2. The molecule has 0 amide bonds. The van der Waals surface area contributed by atoms with Gasteiger partial charge in [-0.25, -0.2) is 0 Å². The molecule has 0 heterocycles. The SMILES string of the molecule is CCCC(C)(C)C(=O)c1ccc2cc(C(=O)C(C)(C)CCC)ccc2c1. The molecule has 0 radical (unpaired) electrons. The van der Waals surface area contributed by atoms with Crippen molar-refractivity contribution >= 4 is 22.3 Å². The smallest absolute Gasteiger partial charge is 0.168 e. The molecule has 2 heteroatoms. The maximum atomic E-state index is 12.8. The van der Waals surface area contributed by atoms with E-state index in [2.05, 4.69) is 13.8 Å². The molecule has 2 aromatic rings. The molecule has 0 N–H and O–H groups in total. The van der Waals surface area contributed by atoms with Crippen molar-refractivity contribution in [2.24, 2.45) is 10.8 Å². The van der Waals surface area contributed by atoms with E-state index in [0.29, 0.717) is 0 Å². The molecule has 0 aliphatic rings. The number of carbonyl (C=O) groups is 2. The highest BCUT2D eigenvalue weighted by molar-refractivity contribution is 6.05. The fourth-order valence-electron chi connectivity index (χ4n) is 3.79. The summed E-state index contributed by atoms with van der Waals surface area (Å²) in [4.78, 5) is 25.6. The topological polar surface area (TPSA) is 34.1 Å². The summed E-state index contributed by atoms with van der Waals surface area (Å²) in [6.07, 6.45) is 3.74. The maximum absolute atomic E-state index is 12.8. The van der Waals surface area contributed by atoms with Crippen molar-refractivity contribution in [2.75, 3.05) is 0 Å². The lowest BCUT2D eigenvalue weighted by Gasteiger charge is -2.23. The second kappa shape index (κ2) is 7.73. The number of rotatable bonds is 8. The molecule has 0 spiro atoms. The van der Waals surface area contributed by atoms with Crippen LogP contribution in [0.4, 0.5) is 0 Å². The number of carbonyl (C=O) groups excluding carboxylic acids is 2. The molecule has 2 aromatic carbocycles. The number of fused-ring (bicyclic) bond motifs is 1. The molecule has 0 unspecified atom stereocenters. The molecule has 2 nitrogen and oxygen atoms in total. The van der Waals surface area contributed by atoms with Gasteiger partial charge in [-0.2, -0.15) is 0 Å². The van der Waals surface area contributed by atoms with Crippen LogP contribution in [0.3, 0.4) is 0 Å². The Bertz CT molecular complexity index is 743. The van der Waals surface area contributed by atoms with Crippen LogP contribution in [0, 0.1) is 10.8 Å². The van der Waals surface area contributed by atoms with E-state index in [0.717, 1.165) is 47.6 Å². The van der Waals surface area contributed by atoms with Crippen molar-refractivity contribution in [1.82, 2.24) is 0 Å². The highest BCUT2D eigenvalue weighted by atomic mass is 16.1. The van der Waals surface area contributed by atoms with E-state index in [4.69, 9.17) is 0 Å². The summed E-state index contributed by atoms with van der Waals surface area (Å²) in [6.45, 7) is 12.3. The molecule has 0 aromatic heterocycles. The van der Waals surface area contributed by atoms with Crippen LogP contribution in [0.1, 0.15) is 87.9 Å². The molecule has 0 fully saturated rings. The largest absolute Gasteiger partial charge is 0.294 e. The van der Waals surface area contributed by atoms with Gasteiger partial charge in [0.15, 0.2) is 11.6 Å². The molecule has 0 aliphatic carbocycles. The van der Waals surface area contributed by atoms with Gasteiger partial charge in [0.1, 0.15) is 0 Å². The Morgan fingerprint density at radius 1 is 0.692 bits per heavy atom. The van der Waals surface area contributed by atoms with E-state index >= 15 is 0 Å². The predicted molar refractivity (Wildman–Crippen MR) is 110 cm³/mol. The van der Waals surface area contributed by atoms with E-state index in [-0.39, 0.29) is 22.4 Å². The number of ketones is 2. The van der Waals surface area contributed by atoms with Crippen LogP contribution in [-0.4, -0.2) is 11.6 Å². The zero-order valence-electron chi connectivity index (χ0n) is 17.1. The van der Waals surface area contributed by atoms with Gasteiger partial charge in [-0.3, -0.25) is 9.59 Å². The molecule has 0 bridgehead atoms. The number of hydrogen-bond donors (Lipinski definition) is 0. The minimum Gasteiger partial charge on any atom is -0.294 e. The van der Waals surface area contributed by atoms with Gasteiger partial charge < -0.3 is 0 Å². The monoisotopic (exact) mass is 352 g/mol. The van der Waals surface area contributed by atoms with Gasteiger partial charge in [0.05, 0.1) is 0 Å². The van der Waals surface area contributed by atoms with Gasteiger partial charge in [-0.15, -0.1) is 0 Å². The van der Waals surface area contributed by atoms with Crippen molar-refractivity contribution in [3.05, 3.63) is 47.5 Å². The third-order valence-electron chi connectivity index (χ3n) is 5.34. The number of benzene rings is 2. The summed E-state index contributed by atoms with van der Waals surface area (Å²) in [5.74, 6) is 0.371. The Morgan fingerprint density at radius 2 is 1.04 bits per heavy atom. The average Bonchev–Trinajstić information content (AvgIpc) is 2.59. The lowest BCUT2D eigenvalue weighted by atomic mass is 9.79. The lowest BCUT2D eigenvalue weighted by Crippen LogP contribution is -2.24. The minimum atomic E-state index is -0.345. The van der Waals surface area contributed by atoms with Crippen LogP contribution < -0.4 is 0 Å². The first kappa shape index (κ1) is 20.4. The van der Waals surface area contributed by atoms with Crippen molar-refractivity contribution in [2.45, 2.75) is 67.2 Å². The third-order valence-corrected chi connectivity index (χ3v) is 5.34. The fraction of sp³-hybridized carbons (Fsp3) is 0.500. The summed E-state index contributed by atoms with van der Waals surface area (Å²) < 4.78 is 0. The van der Waals surface area contributed by atoms with Crippen LogP contribution in [-0.2, 0) is 0 Å². The molecule has 0 aliphatic heterocycles. The Morgan fingerprint density at radius 3 is 1.35 bits per heavy atom. The first-order valence-corrected chi connectivity index (χ1v) is 9.76. The summed E-state index contributed by atoms with van der Waals surface area (Å²) in [6, 6.07) is 11.6. The molecule has 26 heavy (non-hydrogen) atoms. The van der Waals surface area contributed by atoms with E-state index in [1.54, 1.807) is 0 Å². The average molecular weight is 353 g/mol. The van der Waals surface area contributed by atoms with E-state index in [1.807, 2.05) is 64.1 Å². The normalized spacial score (nSPS) is 12.4. The van der Waals surface area contributed by atoms with Gasteiger partial charge in [-0.05, 0) is 35.7 Å². The van der Waals surface area contributed by atoms with Crippen molar-refractivity contribution in [1.29, 1.82) is 0 Å². The van der Waals surface area contributed by atoms with Crippen LogP contribution in [0.15, 0.2) is 36.4 Å². The highest BCUT2D eigenvalue weighted by Gasteiger charge is 2.29. The Hall–Kier alpha value is -1.96. The molecule has 140 valence electrons. The fourth-order valence-corrected chi connectivity index (χ4v) is 3.79. The van der Waals surface area contributed by atoms with Gasteiger partial charge in [0.25, 0.3) is 0 Å². The number of Topliss-reactive ketones (excluding diaryl/α,β-unsaturated/α-hetero) is 2. The highest BCUT2D eigenvalue weighted by Crippen LogP contribution is 2.31. The molecule has 0 saturated carbocycles. The van der Waals surface area contributed by atoms with Gasteiger partial charge in [0, 0.05) is 22.0 Å². The summed E-state index contributed by atoms with van der Waals surface area (Å²) in [5.41, 5.74) is 0.813. The Labute approximate surface area is 158 Å². The molecule has 0 atom stereocenters. The van der Waals surface area contributed by atoms with Crippen LogP contribution >= 0.6 is 0 Å². The second-order valence-corrected chi connectivity index (χ2v) is 8.70.